The van der Waals surface area contributed by atoms with Crippen molar-refractivity contribution in [3.8, 4) is 0 Å². The molecule has 0 saturated heterocycles. The number of nitrogens with one attached hydrogen (secondary N) is 1. The quantitative estimate of drug-likeness (QED) is 0.823. The fraction of sp³-hybridized carbons (Fsp3) is 0.571. The van der Waals surface area contributed by atoms with Crippen LogP contribution >= 0.6 is 0 Å². The van der Waals surface area contributed by atoms with Crippen LogP contribution in [0.4, 0.5) is 4.39 Å². The summed E-state index contributed by atoms with van der Waals surface area (Å²) in [6, 6.07) is 7.11. The van der Waals surface area contributed by atoms with Crippen LogP contribution < -0.4 is 5.32 Å². The summed E-state index contributed by atoms with van der Waals surface area (Å²) in [6.45, 7) is 6.33. The van der Waals surface area contributed by atoms with E-state index in [2.05, 4.69) is 25.2 Å². The molecule has 0 aliphatic heterocycles. The van der Waals surface area contributed by atoms with Crippen molar-refractivity contribution in [1.29, 1.82) is 0 Å². The highest BCUT2D eigenvalue weighted by Crippen LogP contribution is 2.48. The van der Waals surface area contributed by atoms with E-state index in [9.17, 15) is 4.39 Å². The lowest BCUT2D eigenvalue weighted by Crippen LogP contribution is -2.50. The molecule has 2 heteroatoms. The number of rotatable bonds is 4. The second kappa shape index (κ2) is 4.54. The first kappa shape index (κ1) is 11.6. The van der Waals surface area contributed by atoms with Gasteiger partial charge in [-0.15, -0.1) is 0 Å². The van der Waals surface area contributed by atoms with Crippen molar-refractivity contribution >= 4 is 0 Å². The Balaban J connectivity index is 2.25. The fourth-order valence-corrected chi connectivity index (χ4v) is 2.72. The molecule has 16 heavy (non-hydrogen) atoms. The Morgan fingerprint density at radius 2 is 2.31 bits per heavy atom. The third-order valence-electron chi connectivity index (χ3n) is 4.06. The first-order valence-electron chi connectivity index (χ1n) is 6.16. The van der Waals surface area contributed by atoms with Crippen LogP contribution in [0.5, 0.6) is 0 Å². The van der Waals surface area contributed by atoms with Crippen LogP contribution in [0.25, 0.3) is 0 Å². The van der Waals surface area contributed by atoms with Crippen molar-refractivity contribution in [1.82, 2.24) is 5.32 Å². The number of hydrogen-bond acceptors (Lipinski definition) is 1. The molecule has 0 heterocycles. The monoisotopic (exact) mass is 221 g/mol. The first-order valence-corrected chi connectivity index (χ1v) is 6.16. The van der Waals surface area contributed by atoms with E-state index in [0.717, 1.165) is 18.7 Å². The predicted molar refractivity (Wildman–Crippen MR) is 65.0 cm³/mol. The Hall–Kier alpha value is -0.890. The average molecular weight is 221 g/mol. The Kier molecular flexibility index (Phi) is 3.29. The zero-order chi connectivity index (χ0) is 11.6. The topological polar surface area (TPSA) is 12.0 Å². The molecule has 1 saturated carbocycles. The maximum absolute atomic E-state index is 13.3. The van der Waals surface area contributed by atoms with E-state index in [1.807, 2.05) is 6.07 Å². The third-order valence-corrected chi connectivity index (χ3v) is 4.06. The zero-order valence-electron chi connectivity index (χ0n) is 10.1. The minimum atomic E-state index is -0.118. The van der Waals surface area contributed by atoms with Crippen LogP contribution in [0.1, 0.15) is 32.3 Å². The van der Waals surface area contributed by atoms with Gasteiger partial charge in [0.2, 0.25) is 0 Å². The number of hydrogen-bond donors (Lipinski definition) is 1. The van der Waals surface area contributed by atoms with E-state index in [-0.39, 0.29) is 11.2 Å². The molecule has 1 nitrogen and oxygen atoms in total. The molecule has 0 amide bonds. The number of likely N-dealkylation sites (N-methyl/N-ethyl adjacent to an activating group) is 1. The van der Waals surface area contributed by atoms with E-state index in [1.54, 1.807) is 6.07 Å². The van der Waals surface area contributed by atoms with Gasteiger partial charge in [0.15, 0.2) is 0 Å². The van der Waals surface area contributed by atoms with Crippen molar-refractivity contribution in [2.75, 3.05) is 13.1 Å². The van der Waals surface area contributed by atoms with Crippen molar-refractivity contribution in [2.45, 2.75) is 32.1 Å². The molecule has 1 fully saturated rings. The van der Waals surface area contributed by atoms with Crippen LogP contribution in [-0.4, -0.2) is 13.1 Å². The van der Waals surface area contributed by atoms with Crippen LogP contribution in [-0.2, 0) is 5.41 Å². The Morgan fingerprint density at radius 1 is 1.50 bits per heavy atom. The molecule has 1 aliphatic carbocycles. The summed E-state index contributed by atoms with van der Waals surface area (Å²) >= 11 is 0. The van der Waals surface area contributed by atoms with Gasteiger partial charge in [0.05, 0.1) is 0 Å². The molecule has 2 atom stereocenters. The molecular weight excluding hydrogens is 201 g/mol. The lowest BCUT2D eigenvalue weighted by molar-refractivity contribution is 0.134. The van der Waals surface area contributed by atoms with Crippen molar-refractivity contribution in [3.05, 3.63) is 35.6 Å². The lowest BCUT2D eigenvalue weighted by Gasteiger charge is -2.49. The summed E-state index contributed by atoms with van der Waals surface area (Å²) in [5.41, 5.74) is 1.32. The van der Waals surface area contributed by atoms with Crippen LogP contribution in [0.15, 0.2) is 24.3 Å². The Morgan fingerprint density at radius 3 is 2.81 bits per heavy atom. The van der Waals surface area contributed by atoms with Gasteiger partial charge in [0.1, 0.15) is 5.82 Å². The van der Waals surface area contributed by atoms with Gasteiger partial charge in [0.25, 0.3) is 0 Å². The lowest BCUT2D eigenvalue weighted by atomic mass is 9.57. The van der Waals surface area contributed by atoms with Crippen LogP contribution in [0.2, 0.25) is 0 Å². The van der Waals surface area contributed by atoms with Gasteiger partial charge in [-0.2, -0.15) is 0 Å². The van der Waals surface area contributed by atoms with Gasteiger partial charge < -0.3 is 5.32 Å². The standard InChI is InChI=1S/C14H20FN/c1-3-16-10-14(8-7-11(14)2)12-5-4-6-13(15)9-12/h4-6,9,11,16H,3,7-8,10H2,1-2H3. The molecular formula is C14H20FN. The maximum Gasteiger partial charge on any atom is 0.123 e. The molecule has 1 aromatic carbocycles. The molecule has 2 unspecified atom stereocenters. The minimum Gasteiger partial charge on any atom is -0.316 e. The summed E-state index contributed by atoms with van der Waals surface area (Å²) in [7, 11) is 0. The van der Waals surface area contributed by atoms with E-state index >= 15 is 0 Å². The minimum absolute atomic E-state index is 0.118. The Bertz CT molecular complexity index is 364. The molecule has 1 aromatic rings. The van der Waals surface area contributed by atoms with Crippen LogP contribution in [0.3, 0.4) is 0 Å². The molecule has 88 valence electrons. The summed E-state index contributed by atoms with van der Waals surface area (Å²) in [5.74, 6) is 0.529. The largest absolute Gasteiger partial charge is 0.316 e. The molecule has 0 aromatic heterocycles. The van der Waals surface area contributed by atoms with Crippen molar-refractivity contribution in [3.63, 3.8) is 0 Å². The van der Waals surface area contributed by atoms with Gasteiger partial charge >= 0.3 is 0 Å². The van der Waals surface area contributed by atoms with Gasteiger partial charge in [0, 0.05) is 12.0 Å². The fourth-order valence-electron chi connectivity index (χ4n) is 2.72. The SMILES string of the molecule is CCNCC1(c2cccc(F)c2)CCC1C. The summed E-state index contributed by atoms with van der Waals surface area (Å²) < 4.78 is 13.3. The summed E-state index contributed by atoms with van der Waals surface area (Å²) in [6.07, 6.45) is 2.42. The normalized spacial score (nSPS) is 28.8. The molecule has 0 radical (unpaired) electrons. The third kappa shape index (κ3) is 1.86. The first-order chi connectivity index (χ1) is 7.69. The zero-order valence-corrected chi connectivity index (χ0v) is 10.1. The van der Waals surface area contributed by atoms with Gasteiger partial charge in [-0.1, -0.05) is 26.0 Å². The highest BCUT2D eigenvalue weighted by molar-refractivity contribution is 5.30. The average Bonchev–Trinajstić information content (AvgIpc) is 2.28. The second-order valence-electron chi connectivity index (χ2n) is 4.89. The molecule has 1 aliphatic rings. The Labute approximate surface area is 97.1 Å². The smallest absolute Gasteiger partial charge is 0.123 e. The molecule has 0 bridgehead atoms. The van der Waals surface area contributed by atoms with Gasteiger partial charge in [-0.05, 0) is 43.0 Å². The van der Waals surface area contributed by atoms with Gasteiger partial charge in [-0.25, -0.2) is 4.39 Å². The van der Waals surface area contributed by atoms with Crippen LogP contribution in [0, 0.1) is 11.7 Å². The number of halogens is 1. The van der Waals surface area contributed by atoms with E-state index in [1.165, 1.54) is 18.9 Å². The summed E-state index contributed by atoms with van der Waals surface area (Å²) in [5, 5.41) is 3.42. The molecule has 2 rings (SSSR count). The van der Waals surface area contributed by atoms with Crippen molar-refractivity contribution < 1.29 is 4.39 Å². The van der Waals surface area contributed by atoms with Crippen molar-refractivity contribution in [2.24, 2.45) is 5.92 Å². The highest BCUT2D eigenvalue weighted by Gasteiger charge is 2.44. The maximum atomic E-state index is 13.3. The van der Waals surface area contributed by atoms with E-state index < -0.39 is 0 Å². The second-order valence-corrected chi connectivity index (χ2v) is 4.89. The molecule has 0 spiro atoms. The summed E-state index contributed by atoms with van der Waals surface area (Å²) in [4.78, 5) is 0. The van der Waals surface area contributed by atoms with E-state index in [0.29, 0.717) is 5.92 Å². The van der Waals surface area contributed by atoms with E-state index in [4.69, 9.17) is 0 Å². The predicted octanol–water partition coefficient (Wildman–Crippen LogP) is 3.10. The number of benzene rings is 1. The highest BCUT2D eigenvalue weighted by atomic mass is 19.1. The molecule has 1 N–H and O–H groups in total. The van der Waals surface area contributed by atoms with Gasteiger partial charge in [-0.3, -0.25) is 0 Å².